The summed E-state index contributed by atoms with van der Waals surface area (Å²) in [7, 11) is 0. The molecular formula is C19H23F13O2. The van der Waals surface area contributed by atoms with Crippen molar-refractivity contribution in [3.8, 4) is 0 Å². The molecule has 202 valence electrons. The summed E-state index contributed by atoms with van der Waals surface area (Å²) in [6.45, 7) is 1.83. The molecule has 0 aliphatic rings. The summed E-state index contributed by atoms with van der Waals surface area (Å²) in [6.07, 6.45) is -3.80. The van der Waals surface area contributed by atoms with Crippen LogP contribution in [0.1, 0.15) is 57.8 Å². The molecule has 0 aliphatic carbocycles. The van der Waals surface area contributed by atoms with Crippen molar-refractivity contribution in [2.24, 2.45) is 0 Å². The first-order chi connectivity index (χ1) is 15.2. The Morgan fingerprint density at radius 2 is 1.09 bits per heavy atom. The molecule has 15 heteroatoms. The Bertz CT molecular complexity index is 657. The molecule has 0 saturated carbocycles. The van der Waals surface area contributed by atoms with E-state index in [2.05, 4.69) is 11.3 Å². The first-order valence-corrected chi connectivity index (χ1v) is 9.93. The molecule has 0 aromatic rings. The van der Waals surface area contributed by atoms with E-state index < -0.39 is 54.8 Å². The van der Waals surface area contributed by atoms with E-state index in [1.54, 1.807) is 6.08 Å². The fraction of sp³-hybridized carbons (Fsp3) is 0.842. The summed E-state index contributed by atoms with van der Waals surface area (Å²) in [5.41, 5.74) is 0. The highest BCUT2D eigenvalue weighted by Gasteiger charge is 2.90. The summed E-state index contributed by atoms with van der Waals surface area (Å²) < 4.78 is 173. The van der Waals surface area contributed by atoms with E-state index in [1.165, 1.54) is 0 Å². The molecule has 0 aliphatic heterocycles. The smallest absolute Gasteiger partial charge is 0.460 e. The Balaban J connectivity index is 4.92. The Morgan fingerprint density at radius 3 is 1.56 bits per heavy atom. The van der Waals surface area contributed by atoms with Crippen molar-refractivity contribution in [1.82, 2.24) is 0 Å². The lowest BCUT2D eigenvalue weighted by atomic mass is 9.93. The van der Waals surface area contributed by atoms with Crippen LogP contribution in [0, 0.1) is 0 Å². The second kappa shape index (κ2) is 11.8. The van der Waals surface area contributed by atoms with Crippen LogP contribution in [-0.2, 0) is 9.53 Å². The Morgan fingerprint density at radius 1 is 0.647 bits per heavy atom. The van der Waals surface area contributed by atoms with Gasteiger partial charge >= 0.3 is 41.8 Å². The lowest BCUT2D eigenvalue weighted by Gasteiger charge is -2.39. The summed E-state index contributed by atoms with van der Waals surface area (Å²) in [4.78, 5) is 11.4. The van der Waals surface area contributed by atoms with Gasteiger partial charge < -0.3 is 4.74 Å². The van der Waals surface area contributed by atoms with E-state index in [0.29, 0.717) is 12.8 Å². The van der Waals surface area contributed by atoms with Gasteiger partial charge in [-0.25, -0.2) is 0 Å². The van der Waals surface area contributed by atoms with Crippen LogP contribution in [0.3, 0.4) is 0 Å². The van der Waals surface area contributed by atoms with Gasteiger partial charge in [-0.2, -0.15) is 57.1 Å². The second-order valence-electron chi connectivity index (χ2n) is 7.42. The Kier molecular flexibility index (Phi) is 11.2. The number of carbonyl (C=O) groups excluding carboxylic acids is 1. The number of unbranched alkanes of at least 4 members (excludes halogenated alkanes) is 6. The third-order valence-electron chi connectivity index (χ3n) is 4.72. The minimum atomic E-state index is -7.94. The summed E-state index contributed by atoms with van der Waals surface area (Å²) in [5.74, 6) is -38.4. The molecular weight excluding hydrogens is 507 g/mol. The van der Waals surface area contributed by atoms with Crippen molar-refractivity contribution in [2.45, 2.75) is 93.6 Å². The van der Waals surface area contributed by atoms with Crippen molar-refractivity contribution < 1.29 is 66.6 Å². The van der Waals surface area contributed by atoms with Gasteiger partial charge in [-0.3, -0.25) is 4.79 Å². The molecule has 34 heavy (non-hydrogen) atoms. The minimum absolute atomic E-state index is 0.198. The monoisotopic (exact) mass is 530 g/mol. The number of ether oxygens (including phenoxy) is 1. The number of halogens is 13. The predicted octanol–water partition coefficient (Wildman–Crippen LogP) is 7.97. The van der Waals surface area contributed by atoms with Crippen LogP contribution in [-0.4, -0.2) is 48.4 Å². The number of esters is 1. The average Bonchev–Trinajstić information content (AvgIpc) is 2.68. The Labute approximate surface area is 186 Å². The zero-order valence-electron chi connectivity index (χ0n) is 17.6. The predicted molar refractivity (Wildman–Crippen MR) is 93.5 cm³/mol. The molecule has 0 aromatic carbocycles. The average molecular weight is 530 g/mol. The normalized spacial score (nSPS) is 14.3. The summed E-state index contributed by atoms with van der Waals surface area (Å²) >= 11 is 0. The van der Waals surface area contributed by atoms with Gasteiger partial charge in [0.15, 0.2) is 0 Å². The molecule has 0 fully saturated rings. The van der Waals surface area contributed by atoms with E-state index in [-0.39, 0.29) is 12.8 Å². The number of hydrogen-bond acceptors (Lipinski definition) is 2. The van der Waals surface area contributed by atoms with Crippen molar-refractivity contribution in [3.05, 3.63) is 12.7 Å². The van der Waals surface area contributed by atoms with Crippen LogP contribution in [0.5, 0.6) is 0 Å². The van der Waals surface area contributed by atoms with Crippen molar-refractivity contribution in [2.75, 3.05) is 6.61 Å². The second-order valence-corrected chi connectivity index (χ2v) is 7.42. The van der Waals surface area contributed by atoms with E-state index in [1.807, 2.05) is 0 Å². The molecule has 0 heterocycles. The number of alkyl halides is 13. The maximum atomic E-state index is 13.6. The maximum absolute atomic E-state index is 13.6. The molecule has 0 aromatic heterocycles. The van der Waals surface area contributed by atoms with E-state index in [4.69, 9.17) is 0 Å². The molecule has 0 atom stereocenters. The van der Waals surface area contributed by atoms with E-state index in [9.17, 15) is 61.9 Å². The molecule has 0 unspecified atom stereocenters. The number of rotatable bonds is 16. The van der Waals surface area contributed by atoms with Gasteiger partial charge in [0.25, 0.3) is 0 Å². The molecule has 0 N–H and O–H groups in total. The Hall–Kier alpha value is -1.70. The summed E-state index contributed by atoms with van der Waals surface area (Å²) in [6, 6.07) is 0. The largest absolute Gasteiger partial charge is 0.465 e. The highest BCUT2D eigenvalue weighted by Crippen LogP contribution is 2.60. The fourth-order valence-electron chi connectivity index (χ4n) is 2.59. The topological polar surface area (TPSA) is 26.3 Å². The van der Waals surface area contributed by atoms with Crippen molar-refractivity contribution in [3.63, 3.8) is 0 Å². The number of allylic oxidation sites excluding steroid dienone is 1. The molecule has 0 saturated heterocycles. The third kappa shape index (κ3) is 7.15. The van der Waals surface area contributed by atoms with Crippen molar-refractivity contribution in [1.29, 1.82) is 0 Å². The molecule has 0 spiro atoms. The molecule has 0 bridgehead atoms. The third-order valence-corrected chi connectivity index (χ3v) is 4.72. The molecule has 0 rings (SSSR count). The van der Waals surface area contributed by atoms with Gasteiger partial charge in [0, 0.05) is 6.42 Å². The van der Waals surface area contributed by atoms with Crippen LogP contribution >= 0.6 is 0 Å². The van der Waals surface area contributed by atoms with Gasteiger partial charge in [0.05, 0.1) is 13.0 Å². The minimum Gasteiger partial charge on any atom is -0.465 e. The first-order valence-electron chi connectivity index (χ1n) is 9.93. The van der Waals surface area contributed by atoms with Crippen LogP contribution in [0.25, 0.3) is 0 Å². The number of hydrogen-bond donors (Lipinski definition) is 0. The van der Waals surface area contributed by atoms with Crippen LogP contribution < -0.4 is 0 Å². The van der Waals surface area contributed by atoms with Crippen molar-refractivity contribution >= 4 is 5.97 Å². The van der Waals surface area contributed by atoms with Crippen LogP contribution in [0.4, 0.5) is 57.1 Å². The van der Waals surface area contributed by atoms with Gasteiger partial charge in [-0.05, 0) is 19.3 Å². The van der Waals surface area contributed by atoms with Crippen LogP contribution in [0.15, 0.2) is 12.7 Å². The summed E-state index contributed by atoms with van der Waals surface area (Å²) in [5, 5.41) is 0. The van der Waals surface area contributed by atoms with Gasteiger partial charge in [0.2, 0.25) is 0 Å². The van der Waals surface area contributed by atoms with Gasteiger partial charge in [-0.15, -0.1) is 6.58 Å². The maximum Gasteiger partial charge on any atom is 0.460 e. The lowest BCUT2D eigenvalue weighted by molar-refractivity contribution is -0.440. The molecule has 0 radical (unpaired) electrons. The highest BCUT2D eigenvalue weighted by molar-refractivity contribution is 5.69. The zero-order valence-corrected chi connectivity index (χ0v) is 17.6. The van der Waals surface area contributed by atoms with Gasteiger partial charge in [-0.1, -0.05) is 31.8 Å². The standard InChI is InChI=1S/C19H23F13O2/c1-2-3-4-5-6-7-8-9-10-13(33)34-12-11-14(20,21)15(22,23)16(24,25)17(26,27)18(28,29)19(30,31)32/h2H,1,3-12H2. The highest BCUT2D eigenvalue weighted by atomic mass is 19.4. The SMILES string of the molecule is C=CCCCCCCCCC(=O)OCCC(F)(F)C(F)(F)C(F)(F)C(F)(F)C(F)(F)C(F)(F)F. The lowest BCUT2D eigenvalue weighted by Crippen LogP contribution is -2.70. The van der Waals surface area contributed by atoms with E-state index >= 15 is 0 Å². The number of carbonyl (C=O) groups is 1. The quantitative estimate of drug-likeness (QED) is 0.0876. The van der Waals surface area contributed by atoms with Crippen LogP contribution in [0.2, 0.25) is 0 Å². The van der Waals surface area contributed by atoms with E-state index in [0.717, 1.165) is 25.7 Å². The molecule has 0 amide bonds. The fourth-order valence-corrected chi connectivity index (χ4v) is 2.59. The van der Waals surface area contributed by atoms with Gasteiger partial charge in [0.1, 0.15) is 0 Å². The molecule has 2 nitrogen and oxygen atoms in total. The first kappa shape index (κ1) is 32.3. The zero-order chi connectivity index (χ0) is 27.1.